The number of aromatic nitrogens is 4. The lowest BCUT2D eigenvalue weighted by atomic mass is 10.1. The molecule has 0 radical (unpaired) electrons. The van der Waals surface area contributed by atoms with Crippen LogP contribution in [0.25, 0.3) is 11.2 Å². The first-order valence-electron chi connectivity index (χ1n) is 7.53. The van der Waals surface area contributed by atoms with E-state index in [1.807, 2.05) is 0 Å². The van der Waals surface area contributed by atoms with Crippen LogP contribution >= 0.6 is 19.4 Å². The van der Waals surface area contributed by atoms with Gasteiger partial charge in [-0.25, -0.2) is 4.98 Å². The van der Waals surface area contributed by atoms with Crippen LogP contribution in [-0.2, 0) is 9.30 Å². The molecule has 14 heteroatoms. The third-order valence-corrected chi connectivity index (χ3v) is 6.47. The van der Waals surface area contributed by atoms with Gasteiger partial charge >= 0.3 is 7.60 Å². The van der Waals surface area contributed by atoms with E-state index in [-0.39, 0.29) is 29.0 Å². The Labute approximate surface area is 150 Å². The number of hydrogen-bond donors (Lipinski definition) is 6. The van der Waals surface area contributed by atoms with Gasteiger partial charge in [-0.1, -0.05) is 0 Å². The largest absolute Gasteiger partial charge is 0.388 e. The minimum Gasteiger partial charge on any atom is -0.388 e. The van der Waals surface area contributed by atoms with E-state index in [2.05, 4.69) is 15.0 Å². The highest BCUT2D eigenvalue weighted by Crippen LogP contribution is 2.39. The molecule has 1 aliphatic heterocycles. The van der Waals surface area contributed by atoms with Crippen molar-refractivity contribution in [2.75, 3.05) is 17.0 Å². The van der Waals surface area contributed by atoms with E-state index in [9.17, 15) is 19.6 Å². The number of aliphatic hydroxyl groups excluding tert-OH is 2. The van der Waals surface area contributed by atoms with E-state index in [1.165, 1.54) is 10.9 Å². The van der Waals surface area contributed by atoms with Crippen molar-refractivity contribution >= 4 is 36.5 Å². The van der Waals surface area contributed by atoms with Crippen molar-refractivity contribution in [3.8, 4) is 0 Å². The van der Waals surface area contributed by atoms with Gasteiger partial charge in [-0.15, -0.1) is 11.8 Å². The van der Waals surface area contributed by atoms with Crippen LogP contribution in [0, 0.1) is 0 Å². The van der Waals surface area contributed by atoms with Crippen LogP contribution < -0.4 is 11.3 Å². The minimum absolute atomic E-state index is 0.0186. The topological polar surface area (TPSA) is 197 Å². The summed E-state index contributed by atoms with van der Waals surface area (Å²) < 4.78 is 17.8. The predicted octanol–water partition coefficient (Wildman–Crippen LogP) is -1.42. The quantitative estimate of drug-likeness (QED) is 0.243. The molecule has 4 atom stereocenters. The SMILES string of the molecule is Nc1nc2c(ncn2[C@@H]2O[C@H](CCSCP(=O)(O)O)[C@@H](O)[C@H]2O)c(=O)[nH]1. The first-order chi connectivity index (χ1) is 12.2. The fraction of sp³-hybridized carbons (Fsp3) is 0.583. The van der Waals surface area contributed by atoms with Crippen LogP contribution in [0.1, 0.15) is 12.6 Å². The first-order valence-corrected chi connectivity index (χ1v) is 10.5. The molecule has 2 aromatic heterocycles. The van der Waals surface area contributed by atoms with Crippen molar-refractivity contribution in [2.24, 2.45) is 0 Å². The van der Waals surface area contributed by atoms with Gasteiger partial charge in [0.1, 0.15) is 12.2 Å². The van der Waals surface area contributed by atoms with Crippen molar-refractivity contribution < 1.29 is 29.3 Å². The van der Waals surface area contributed by atoms with E-state index in [0.29, 0.717) is 5.75 Å². The van der Waals surface area contributed by atoms with Crippen LogP contribution in [0.2, 0.25) is 0 Å². The Balaban J connectivity index is 1.74. The fourth-order valence-corrected chi connectivity index (χ4v) is 4.58. The van der Waals surface area contributed by atoms with Gasteiger partial charge in [-0.2, -0.15) is 4.98 Å². The molecule has 0 aliphatic carbocycles. The van der Waals surface area contributed by atoms with Crippen LogP contribution in [0.5, 0.6) is 0 Å². The standard InChI is InChI=1S/C12H18N5O7PS/c13-12-15-9-6(10(20)16-12)14-3-17(9)11-8(19)7(18)5(24-11)1-2-26-4-25(21,22)23/h3,5,7-8,11,18-19H,1-2,4H2,(H2,21,22,23)(H3,13,15,16,20)/t5-,7-,8-,11-/m1/s1. The van der Waals surface area contributed by atoms with Crippen molar-refractivity contribution in [3.63, 3.8) is 0 Å². The van der Waals surface area contributed by atoms with Crippen molar-refractivity contribution in [1.29, 1.82) is 0 Å². The van der Waals surface area contributed by atoms with Crippen LogP contribution in [-0.4, -0.2) is 69.1 Å². The molecule has 26 heavy (non-hydrogen) atoms. The molecule has 7 N–H and O–H groups in total. The molecular weight excluding hydrogens is 389 g/mol. The zero-order valence-electron chi connectivity index (χ0n) is 13.3. The highest BCUT2D eigenvalue weighted by molar-refractivity contribution is 8.04. The first kappa shape index (κ1) is 19.3. The number of imidazole rings is 1. The maximum atomic E-state index is 11.8. The number of nitrogen functional groups attached to an aromatic ring is 1. The van der Waals surface area contributed by atoms with Gasteiger partial charge in [0.05, 0.1) is 17.9 Å². The normalized spacial score (nSPS) is 26.6. The number of H-pyrrole nitrogens is 1. The average molecular weight is 407 g/mol. The second-order valence-corrected chi connectivity index (χ2v) is 8.99. The van der Waals surface area contributed by atoms with Gasteiger partial charge in [0, 0.05) is 0 Å². The Morgan fingerprint density at radius 2 is 2.12 bits per heavy atom. The summed E-state index contributed by atoms with van der Waals surface area (Å²) in [5.41, 5.74) is 4.79. The van der Waals surface area contributed by atoms with E-state index in [0.717, 1.165) is 11.8 Å². The number of rotatable bonds is 6. The number of nitrogens with zero attached hydrogens (tertiary/aromatic N) is 3. The number of anilines is 1. The summed E-state index contributed by atoms with van der Waals surface area (Å²) in [5.74, 6) is 0.199. The lowest BCUT2D eigenvalue weighted by molar-refractivity contribution is -0.0352. The minimum atomic E-state index is -4.10. The Kier molecular flexibility index (Phi) is 5.40. The summed E-state index contributed by atoms with van der Waals surface area (Å²) in [4.78, 5) is 39.7. The molecule has 1 aliphatic rings. The maximum absolute atomic E-state index is 11.8. The molecule has 3 rings (SSSR count). The Morgan fingerprint density at radius 3 is 2.81 bits per heavy atom. The summed E-state index contributed by atoms with van der Waals surface area (Å²) in [6.45, 7) is 0. The van der Waals surface area contributed by atoms with Crippen LogP contribution in [0.3, 0.4) is 0 Å². The number of aliphatic hydroxyl groups is 2. The molecule has 0 spiro atoms. The number of hydrogen-bond acceptors (Lipinski definition) is 9. The van der Waals surface area contributed by atoms with Crippen molar-refractivity contribution in [3.05, 3.63) is 16.7 Å². The fourth-order valence-electron chi connectivity index (χ4n) is 2.71. The molecule has 0 aromatic carbocycles. The van der Waals surface area contributed by atoms with Gasteiger partial charge < -0.3 is 30.5 Å². The highest BCUT2D eigenvalue weighted by atomic mass is 32.2. The molecule has 0 amide bonds. The molecule has 0 unspecified atom stereocenters. The molecule has 3 heterocycles. The molecular formula is C12H18N5O7PS. The zero-order valence-corrected chi connectivity index (χ0v) is 15.0. The molecule has 144 valence electrons. The Hall–Kier alpha value is -1.47. The van der Waals surface area contributed by atoms with E-state index in [4.69, 9.17) is 20.3 Å². The highest BCUT2D eigenvalue weighted by Gasteiger charge is 2.44. The lowest BCUT2D eigenvalue weighted by Crippen LogP contribution is -2.31. The number of ether oxygens (including phenoxy) is 1. The van der Waals surface area contributed by atoms with E-state index in [1.54, 1.807) is 0 Å². The van der Waals surface area contributed by atoms with Crippen LogP contribution in [0.15, 0.2) is 11.1 Å². The molecule has 12 nitrogen and oxygen atoms in total. The van der Waals surface area contributed by atoms with Crippen LogP contribution in [0.4, 0.5) is 5.95 Å². The summed E-state index contributed by atoms with van der Waals surface area (Å²) in [5, 5.41) is 20.5. The average Bonchev–Trinajstić information content (AvgIpc) is 3.06. The van der Waals surface area contributed by atoms with Crippen molar-refractivity contribution in [1.82, 2.24) is 19.5 Å². The van der Waals surface area contributed by atoms with Crippen molar-refractivity contribution in [2.45, 2.75) is 31.0 Å². The number of fused-ring (bicyclic) bond motifs is 1. The second kappa shape index (κ2) is 7.27. The smallest absolute Gasteiger partial charge is 0.335 e. The lowest BCUT2D eigenvalue weighted by Gasteiger charge is -2.16. The number of thioether (sulfide) groups is 1. The zero-order chi connectivity index (χ0) is 19.1. The number of aromatic amines is 1. The van der Waals surface area contributed by atoms with Gasteiger partial charge in [0.2, 0.25) is 5.95 Å². The summed E-state index contributed by atoms with van der Waals surface area (Å²) in [6.07, 6.45) is -2.77. The predicted molar refractivity (Wildman–Crippen MR) is 92.5 cm³/mol. The molecule has 0 saturated carbocycles. The van der Waals surface area contributed by atoms with Gasteiger partial charge in [-0.3, -0.25) is 18.9 Å². The number of nitrogens with one attached hydrogen (secondary N) is 1. The molecule has 2 aromatic rings. The Bertz CT molecular complexity index is 898. The third kappa shape index (κ3) is 3.93. The monoisotopic (exact) mass is 407 g/mol. The number of nitrogens with two attached hydrogens (primary N) is 1. The second-order valence-electron chi connectivity index (χ2n) is 5.81. The van der Waals surface area contributed by atoms with Gasteiger partial charge in [0.25, 0.3) is 5.56 Å². The third-order valence-electron chi connectivity index (χ3n) is 3.87. The summed E-state index contributed by atoms with van der Waals surface area (Å²) in [6, 6.07) is 0. The van der Waals surface area contributed by atoms with Gasteiger partial charge in [0.15, 0.2) is 17.4 Å². The summed E-state index contributed by atoms with van der Waals surface area (Å²) in [7, 11) is -4.10. The van der Waals surface area contributed by atoms with E-state index < -0.39 is 37.7 Å². The Morgan fingerprint density at radius 1 is 1.38 bits per heavy atom. The summed E-state index contributed by atoms with van der Waals surface area (Å²) >= 11 is 1.03. The molecule has 1 fully saturated rings. The maximum Gasteiger partial charge on any atom is 0.335 e. The molecule has 1 saturated heterocycles. The molecule has 0 bridgehead atoms. The van der Waals surface area contributed by atoms with E-state index >= 15 is 0 Å². The van der Waals surface area contributed by atoms with Gasteiger partial charge in [-0.05, 0) is 12.2 Å².